The zero-order valence-corrected chi connectivity index (χ0v) is 18.1. The Morgan fingerprint density at radius 2 is 1.97 bits per heavy atom. The number of thiophene rings is 1. The van der Waals surface area contributed by atoms with Gasteiger partial charge in [0.15, 0.2) is 0 Å². The summed E-state index contributed by atoms with van der Waals surface area (Å²) in [6, 6.07) is 9.01. The second-order valence-electron chi connectivity index (χ2n) is 8.34. The lowest BCUT2D eigenvalue weighted by atomic mass is 9.99. The van der Waals surface area contributed by atoms with E-state index in [0.29, 0.717) is 29.8 Å². The van der Waals surface area contributed by atoms with Crippen molar-refractivity contribution >= 4 is 55.4 Å². The summed E-state index contributed by atoms with van der Waals surface area (Å²) in [6.45, 7) is 1.10. The second-order valence-corrected chi connectivity index (χ2v) is 9.26. The molecule has 1 saturated heterocycles. The number of halogens is 1. The smallest absolute Gasteiger partial charge is 0.261 e. The van der Waals surface area contributed by atoms with Gasteiger partial charge in [0.05, 0.1) is 32.9 Å². The van der Waals surface area contributed by atoms with Crippen LogP contribution in [0.1, 0.15) is 23.7 Å². The molecular weight excluding hydrogens is 429 g/mol. The Morgan fingerprint density at radius 1 is 1.16 bits per heavy atom. The highest BCUT2D eigenvalue weighted by molar-refractivity contribution is 7.17. The summed E-state index contributed by atoms with van der Waals surface area (Å²) in [6.07, 6.45) is 1.29. The lowest BCUT2D eigenvalue weighted by Gasteiger charge is -2.32. The van der Waals surface area contributed by atoms with E-state index in [0.717, 1.165) is 27.7 Å². The Morgan fingerprint density at radius 3 is 2.81 bits per heavy atom. The summed E-state index contributed by atoms with van der Waals surface area (Å²) in [5, 5.41) is 9.87. The molecule has 6 rings (SSSR count). The summed E-state index contributed by atoms with van der Waals surface area (Å²) in [5.41, 5.74) is 3.30. The van der Waals surface area contributed by atoms with Gasteiger partial charge in [0.25, 0.3) is 11.8 Å². The van der Waals surface area contributed by atoms with Gasteiger partial charge in [-0.1, -0.05) is 18.2 Å². The molecule has 0 saturated carbocycles. The number of likely N-dealkylation sites (tertiary alicyclic amines) is 1. The van der Waals surface area contributed by atoms with Crippen LogP contribution in [-0.4, -0.2) is 57.8 Å². The molecular formula is C23H20FN5O2S. The van der Waals surface area contributed by atoms with Gasteiger partial charge < -0.3 is 9.88 Å². The molecule has 0 radical (unpaired) electrons. The first-order chi connectivity index (χ1) is 15.5. The number of para-hydroxylation sites is 1. The summed E-state index contributed by atoms with van der Waals surface area (Å²) >= 11 is 1.50. The number of hydrogen-bond acceptors (Lipinski definition) is 5. The second kappa shape index (κ2) is 7.11. The van der Waals surface area contributed by atoms with Gasteiger partial charge in [0.1, 0.15) is 11.9 Å². The predicted molar refractivity (Wildman–Crippen MR) is 122 cm³/mol. The van der Waals surface area contributed by atoms with E-state index in [2.05, 4.69) is 10.3 Å². The molecule has 2 atom stereocenters. The van der Waals surface area contributed by atoms with Crippen molar-refractivity contribution in [1.29, 1.82) is 0 Å². The molecule has 0 aliphatic carbocycles. The minimum atomic E-state index is -1.08. The van der Waals surface area contributed by atoms with Crippen molar-refractivity contribution in [3.8, 4) is 0 Å². The Labute approximate surface area is 186 Å². The fourth-order valence-electron chi connectivity index (χ4n) is 4.82. The quantitative estimate of drug-likeness (QED) is 0.470. The molecule has 2 amide bonds. The maximum Gasteiger partial charge on any atom is 0.261 e. The van der Waals surface area contributed by atoms with Crippen molar-refractivity contribution in [1.82, 2.24) is 25.0 Å². The first kappa shape index (κ1) is 19.4. The van der Waals surface area contributed by atoms with Crippen LogP contribution in [-0.2, 0) is 9.59 Å². The minimum absolute atomic E-state index is 0.239. The van der Waals surface area contributed by atoms with Crippen molar-refractivity contribution in [3.05, 3.63) is 53.2 Å². The number of aromatic nitrogens is 3. The Balaban J connectivity index is 1.59. The van der Waals surface area contributed by atoms with Crippen LogP contribution in [0.5, 0.6) is 0 Å². The highest BCUT2D eigenvalue weighted by Gasteiger charge is 2.38. The van der Waals surface area contributed by atoms with Crippen molar-refractivity contribution in [2.24, 2.45) is 0 Å². The van der Waals surface area contributed by atoms with Gasteiger partial charge in [0, 0.05) is 30.2 Å². The Bertz CT molecular complexity index is 1430. The van der Waals surface area contributed by atoms with E-state index in [1.165, 1.54) is 11.3 Å². The Hall–Kier alpha value is -3.30. The molecule has 9 heteroatoms. The van der Waals surface area contributed by atoms with Crippen LogP contribution in [0, 0.1) is 0 Å². The minimum Gasteiger partial charge on any atom is -0.360 e. The topological polar surface area (TPSA) is 83.0 Å². The third kappa shape index (κ3) is 2.78. The monoisotopic (exact) mass is 449 g/mol. The molecule has 2 N–H and O–H groups in total. The highest BCUT2D eigenvalue weighted by Crippen LogP contribution is 2.39. The predicted octanol–water partition coefficient (Wildman–Crippen LogP) is 3.36. The van der Waals surface area contributed by atoms with Crippen LogP contribution < -0.4 is 5.32 Å². The maximum atomic E-state index is 15.0. The van der Waals surface area contributed by atoms with Crippen molar-refractivity contribution < 1.29 is 14.0 Å². The number of carbonyl (C=O) groups is 2. The fourth-order valence-corrected chi connectivity index (χ4v) is 5.70. The number of carbonyl (C=O) groups excluding carboxylic acids is 2. The third-order valence-electron chi connectivity index (χ3n) is 6.36. The first-order valence-electron chi connectivity index (χ1n) is 10.5. The van der Waals surface area contributed by atoms with E-state index < -0.39 is 24.0 Å². The molecule has 1 aromatic carbocycles. The average molecular weight is 450 g/mol. The lowest BCUT2D eigenvalue weighted by Crippen LogP contribution is -2.40. The number of H-pyrrole nitrogens is 1. The molecule has 7 nitrogen and oxygen atoms in total. The van der Waals surface area contributed by atoms with Gasteiger partial charge in [-0.2, -0.15) is 5.10 Å². The fraction of sp³-hybridized carbons (Fsp3) is 0.261. The Kier molecular flexibility index (Phi) is 4.31. The molecule has 2 aliphatic heterocycles. The molecule has 0 spiro atoms. The highest BCUT2D eigenvalue weighted by atomic mass is 32.1. The molecule has 32 heavy (non-hydrogen) atoms. The molecule has 2 aliphatic rings. The van der Waals surface area contributed by atoms with Crippen LogP contribution >= 0.6 is 11.3 Å². The number of hydrogen-bond donors (Lipinski definition) is 2. The molecule has 2 unspecified atom stereocenters. The van der Waals surface area contributed by atoms with Gasteiger partial charge in [-0.05, 0) is 31.0 Å². The number of alkyl halides is 1. The van der Waals surface area contributed by atoms with Crippen LogP contribution in [0.2, 0.25) is 0 Å². The number of nitrogens with one attached hydrogen (secondary N) is 2. The van der Waals surface area contributed by atoms with Crippen molar-refractivity contribution in [3.63, 3.8) is 0 Å². The van der Waals surface area contributed by atoms with Gasteiger partial charge in [-0.15, -0.1) is 11.3 Å². The van der Waals surface area contributed by atoms with Gasteiger partial charge in [-0.25, -0.2) is 4.39 Å². The van der Waals surface area contributed by atoms with E-state index in [4.69, 9.17) is 5.10 Å². The van der Waals surface area contributed by atoms with Crippen LogP contribution in [0.3, 0.4) is 0 Å². The van der Waals surface area contributed by atoms with Crippen molar-refractivity contribution in [2.45, 2.75) is 18.6 Å². The van der Waals surface area contributed by atoms with Crippen molar-refractivity contribution in [2.75, 3.05) is 20.1 Å². The normalized spacial score (nSPS) is 22.4. The molecule has 4 aromatic rings. The van der Waals surface area contributed by atoms with E-state index in [-0.39, 0.29) is 5.57 Å². The molecule has 5 heterocycles. The first-order valence-corrected chi connectivity index (χ1v) is 11.4. The number of benzene rings is 1. The zero-order chi connectivity index (χ0) is 22.0. The van der Waals surface area contributed by atoms with Crippen LogP contribution in [0.4, 0.5) is 4.39 Å². The number of rotatable bonds is 3. The lowest BCUT2D eigenvalue weighted by molar-refractivity contribution is -0.122. The number of piperidine rings is 1. The van der Waals surface area contributed by atoms with Gasteiger partial charge in [-0.3, -0.25) is 19.6 Å². The van der Waals surface area contributed by atoms with E-state index in [1.54, 1.807) is 10.9 Å². The van der Waals surface area contributed by atoms with Gasteiger partial charge in [0.2, 0.25) is 0 Å². The van der Waals surface area contributed by atoms with Crippen LogP contribution in [0.15, 0.2) is 41.9 Å². The summed E-state index contributed by atoms with van der Waals surface area (Å²) in [4.78, 5) is 31.0. The van der Waals surface area contributed by atoms with Gasteiger partial charge >= 0.3 is 0 Å². The summed E-state index contributed by atoms with van der Waals surface area (Å²) < 4.78 is 17.6. The largest absolute Gasteiger partial charge is 0.360 e. The van der Waals surface area contributed by atoms with Crippen LogP contribution in [0.25, 0.3) is 32.3 Å². The number of fused-ring (bicyclic) bond motifs is 2. The standard InChI is InChI=1S/C23H20FN5O2S/c1-28-8-6-17(14(24)11-28)29-16-5-3-2-4-12(16)20(27-29)19-18(22(30)26-23(19)31)13-10-25-15-7-9-32-21(13)15/h2-5,7,9-10,14,17,25H,6,8,11H2,1H3,(H,26,30,31). The van der Waals surface area contributed by atoms with E-state index in [1.807, 2.05) is 47.7 Å². The number of aromatic amines is 1. The molecule has 1 fully saturated rings. The number of amides is 2. The summed E-state index contributed by atoms with van der Waals surface area (Å²) in [5.74, 6) is -0.924. The molecule has 0 bridgehead atoms. The zero-order valence-electron chi connectivity index (χ0n) is 17.3. The van der Waals surface area contributed by atoms with E-state index >= 15 is 4.39 Å². The molecule has 3 aromatic heterocycles. The SMILES string of the molecule is CN1CCC(n2nc(C3=C(c4c[nH]c5ccsc45)C(=O)NC3=O)c3ccccc32)C(F)C1. The number of imide groups is 1. The molecule has 162 valence electrons. The number of nitrogens with zero attached hydrogens (tertiary/aromatic N) is 3. The maximum absolute atomic E-state index is 15.0. The third-order valence-corrected chi connectivity index (χ3v) is 7.30. The summed E-state index contributed by atoms with van der Waals surface area (Å²) in [7, 11) is 1.91. The average Bonchev–Trinajstić information content (AvgIpc) is 3.51. The van der Waals surface area contributed by atoms with E-state index in [9.17, 15) is 9.59 Å².